The fourth-order valence-corrected chi connectivity index (χ4v) is 1.25. The van der Waals surface area contributed by atoms with Crippen molar-refractivity contribution in [2.75, 3.05) is 0 Å². The lowest BCUT2D eigenvalue weighted by Gasteiger charge is -2.10. The molecule has 13 heavy (non-hydrogen) atoms. The first kappa shape index (κ1) is 10.7. The van der Waals surface area contributed by atoms with Crippen molar-refractivity contribution in [2.45, 2.75) is 11.3 Å². The molecule has 0 heterocycles. The van der Waals surface area contributed by atoms with Gasteiger partial charge in [-0.3, -0.25) is 0 Å². The van der Waals surface area contributed by atoms with Gasteiger partial charge in [-0.15, -0.1) is 25.8 Å². The molecular formula is C7H4BrF3OS. The lowest BCUT2D eigenvalue weighted by atomic mass is 10.3. The minimum atomic E-state index is -4.68. The van der Waals surface area contributed by atoms with Crippen molar-refractivity contribution in [3.05, 3.63) is 22.7 Å². The zero-order chi connectivity index (χ0) is 10.1. The van der Waals surface area contributed by atoms with Crippen LogP contribution in [-0.4, -0.2) is 6.36 Å². The van der Waals surface area contributed by atoms with E-state index in [9.17, 15) is 13.2 Å². The van der Waals surface area contributed by atoms with E-state index in [1.807, 2.05) is 0 Å². The Kier molecular flexibility index (Phi) is 3.13. The molecule has 0 saturated heterocycles. The van der Waals surface area contributed by atoms with Gasteiger partial charge in [0.15, 0.2) is 0 Å². The monoisotopic (exact) mass is 272 g/mol. The summed E-state index contributed by atoms with van der Waals surface area (Å²) in [6.07, 6.45) is -4.68. The molecule has 0 unspecified atom stereocenters. The Hall–Kier alpha value is -0.360. The second kappa shape index (κ2) is 3.79. The number of ether oxygens (including phenoxy) is 1. The topological polar surface area (TPSA) is 9.23 Å². The third kappa shape index (κ3) is 3.11. The predicted molar refractivity (Wildman–Crippen MR) is 48.1 cm³/mol. The standard InChI is InChI=1S/C7H4BrF3OS/c8-4-2-1-3-5(6(4)13)12-7(9,10)11/h1-3,13H. The first-order valence-electron chi connectivity index (χ1n) is 3.13. The molecule has 1 rings (SSSR count). The molecule has 0 spiro atoms. The molecule has 0 radical (unpaired) electrons. The zero-order valence-electron chi connectivity index (χ0n) is 6.10. The Morgan fingerprint density at radius 3 is 2.46 bits per heavy atom. The van der Waals surface area contributed by atoms with Gasteiger partial charge in [0.2, 0.25) is 0 Å². The molecule has 1 aromatic carbocycles. The van der Waals surface area contributed by atoms with Crippen LogP contribution in [0.15, 0.2) is 27.6 Å². The Bertz CT molecular complexity index is 313. The molecule has 0 aromatic heterocycles. The number of hydrogen-bond acceptors (Lipinski definition) is 2. The first-order chi connectivity index (χ1) is 5.90. The Morgan fingerprint density at radius 1 is 1.31 bits per heavy atom. The van der Waals surface area contributed by atoms with Crippen LogP contribution in [-0.2, 0) is 0 Å². The fourth-order valence-electron chi connectivity index (χ4n) is 0.703. The van der Waals surface area contributed by atoms with Crippen LogP contribution in [0.2, 0.25) is 0 Å². The van der Waals surface area contributed by atoms with E-state index in [-0.39, 0.29) is 10.6 Å². The summed E-state index contributed by atoms with van der Waals surface area (Å²) in [7, 11) is 0. The molecule has 0 amide bonds. The lowest BCUT2D eigenvalue weighted by Crippen LogP contribution is -2.17. The van der Waals surface area contributed by atoms with E-state index < -0.39 is 6.36 Å². The molecule has 0 N–H and O–H groups in total. The smallest absolute Gasteiger partial charge is 0.405 e. The second-order valence-corrected chi connectivity index (χ2v) is 3.44. The molecular weight excluding hydrogens is 269 g/mol. The number of hydrogen-bond donors (Lipinski definition) is 1. The Balaban J connectivity index is 2.96. The highest BCUT2D eigenvalue weighted by Crippen LogP contribution is 2.33. The molecule has 1 aromatic rings. The summed E-state index contributed by atoms with van der Waals surface area (Å²) >= 11 is 6.88. The molecule has 0 aliphatic rings. The molecule has 0 aliphatic heterocycles. The van der Waals surface area contributed by atoms with Crippen molar-refractivity contribution in [2.24, 2.45) is 0 Å². The van der Waals surface area contributed by atoms with Gasteiger partial charge in [0.25, 0.3) is 0 Å². The van der Waals surface area contributed by atoms with Crippen molar-refractivity contribution in [1.29, 1.82) is 0 Å². The second-order valence-electron chi connectivity index (χ2n) is 2.13. The summed E-state index contributed by atoms with van der Waals surface area (Å²) in [5.74, 6) is -0.315. The van der Waals surface area contributed by atoms with Gasteiger partial charge in [-0.2, -0.15) is 0 Å². The van der Waals surface area contributed by atoms with E-state index in [0.717, 1.165) is 0 Å². The van der Waals surface area contributed by atoms with E-state index >= 15 is 0 Å². The minimum absolute atomic E-state index is 0.125. The number of benzene rings is 1. The zero-order valence-corrected chi connectivity index (χ0v) is 8.58. The molecule has 0 saturated carbocycles. The van der Waals surface area contributed by atoms with E-state index in [0.29, 0.717) is 4.47 Å². The highest BCUT2D eigenvalue weighted by molar-refractivity contribution is 9.10. The highest BCUT2D eigenvalue weighted by Gasteiger charge is 2.31. The van der Waals surface area contributed by atoms with Crippen LogP contribution in [0, 0.1) is 0 Å². The van der Waals surface area contributed by atoms with Crippen LogP contribution < -0.4 is 4.74 Å². The maximum Gasteiger partial charge on any atom is 0.573 e. The Morgan fingerprint density at radius 2 is 1.92 bits per heavy atom. The first-order valence-corrected chi connectivity index (χ1v) is 4.37. The van der Waals surface area contributed by atoms with Crippen LogP contribution in [0.25, 0.3) is 0 Å². The summed E-state index contributed by atoms with van der Waals surface area (Å²) in [5, 5.41) is 0. The third-order valence-corrected chi connectivity index (χ3v) is 2.60. The third-order valence-electron chi connectivity index (χ3n) is 1.18. The van der Waals surface area contributed by atoms with E-state index in [1.165, 1.54) is 12.1 Å². The van der Waals surface area contributed by atoms with Crippen molar-refractivity contribution < 1.29 is 17.9 Å². The average Bonchev–Trinajstić information content (AvgIpc) is 1.96. The predicted octanol–water partition coefficient (Wildman–Crippen LogP) is 3.64. The van der Waals surface area contributed by atoms with Gasteiger partial charge in [0.05, 0.1) is 4.90 Å². The van der Waals surface area contributed by atoms with E-state index in [4.69, 9.17) is 0 Å². The van der Waals surface area contributed by atoms with Crippen LogP contribution >= 0.6 is 28.6 Å². The SMILES string of the molecule is FC(F)(F)Oc1cccc(Br)c1S. The number of thiol groups is 1. The maximum atomic E-state index is 11.8. The minimum Gasteiger partial charge on any atom is -0.405 e. The summed E-state index contributed by atoms with van der Waals surface area (Å²) in [4.78, 5) is 0.125. The van der Waals surface area contributed by atoms with Gasteiger partial charge in [0, 0.05) is 4.47 Å². The van der Waals surface area contributed by atoms with E-state index in [2.05, 4.69) is 33.3 Å². The van der Waals surface area contributed by atoms with Gasteiger partial charge in [-0.1, -0.05) is 6.07 Å². The van der Waals surface area contributed by atoms with Crippen molar-refractivity contribution in [3.8, 4) is 5.75 Å². The molecule has 0 atom stereocenters. The molecule has 6 heteroatoms. The van der Waals surface area contributed by atoms with Gasteiger partial charge in [0.1, 0.15) is 5.75 Å². The van der Waals surface area contributed by atoms with Crippen LogP contribution in [0.4, 0.5) is 13.2 Å². The van der Waals surface area contributed by atoms with Gasteiger partial charge in [-0.05, 0) is 28.1 Å². The summed E-state index contributed by atoms with van der Waals surface area (Å²) in [5.41, 5.74) is 0. The molecule has 0 bridgehead atoms. The summed E-state index contributed by atoms with van der Waals surface area (Å²) in [6, 6.07) is 4.21. The summed E-state index contributed by atoms with van der Waals surface area (Å²) in [6.45, 7) is 0. The van der Waals surface area contributed by atoms with Crippen LogP contribution in [0.5, 0.6) is 5.75 Å². The maximum absolute atomic E-state index is 11.8. The van der Waals surface area contributed by atoms with Crippen LogP contribution in [0.3, 0.4) is 0 Å². The normalized spacial score (nSPS) is 11.5. The summed E-state index contributed by atoms with van der Waals surface area (Å²) < 4.78 is 39.5. The molecule has 0 aliphatic carbocycles. The molecule has 0 fully saturated rings. The largest absolute Gasteiger partial charge is 0.573 e. The van der Waals surface area contributed by atoms with Crippen molar-refractivity contribution >= 4 is 28.6 Å². The highest BCUT2D eigenvalue weighted by atomic mass is 79.9. The lowest BCUT2D eigenvalue weighted by molar-refractivity contribution is -0.275. The number of halogens is 4. The quantitative estimate of drug-likeness (QED) is 0.768. The van der Waals surface area contributed by atoms with Gasteiger partial charge in [-0.25, -0.2) is 0 Å². The van der Waals surface area contributed by atoms with Crippen LogP contribution in [0.1, 0.15) is 0 Å². The Labute approximate surface area is 86.4 Å². The van der Waals surface area contributed by atoms with E-state index in [1.54, 1.807) is 6.07 Å². The van der Waals surface area contributed by atoms with Crippen molar-refractivity contribution in [1.82, 2.24) is 0 Å². The van der Waals surface area contributed by atoms with Gasteiger partial charge < -0.3 is 4.74 Å². The average molecular weight is 273 g/mol. The van der Waals surface area contributed by atoms with Gasteiger partial charge >= 0.3 is 6.36 Å². The van der Waals surface area contributed by atoms with Crippen molar-refractivity contribution in [3.63, 3.8) is 0 Å². The number of rotatable bonds is 1. The molecule has 72 valence electrons. The fraction of sp³-hybridized carbons (Fsp3) is 0.143. The number of alkyl halides is 3. The molecule has 1 nitrogen and oxygen atoms in total.